The Balaban J connectivity index is 0.000000741. The van der Waals surface area contributed by atoms with Gasteiger partial charge in [-0.1, -0.05) is 40.7 Å². The standard InChI is InChI=1S/C13H18O2.2C2H6/c1-9-4-6-11-10(8-9)5-7-12(14-2)13(11)15-3;2*1-2/h5,7,9H,4,6,8H2,1-3H3;2*1-2H3/t9-;;/m0../s1. The number of hydrogen-bond donors (Lipinski definition) is 0. The Morgan fingerprint density at radius 3 is 2.16 bits per heavy atom. The Morgan fingerprint density at radius 2 is 1.63 bits per heavy atom. The SMILES string of the molecule is CC.CC.COc1ccc2c(c1OC)CC[C@H](C)C2. The maximum atomic E-state index is 5.44. The number of benzene rings is 1. The Morgan fingerprint density at radius 1 is 1.00 bits per heavy atom. The zero-order chi connectivity index (χ0) is 14.8. The van der Waals surface area contributed by atoms with Crippen molar-refractivity contribution < 1.29 is 9.47 Å². The molecule has 1 aliphatic rings. The molecule has 0 spiro atoms. The summed E-state index contributed by atoms with van der Waals surface area (Å²) in [6.07, 6.45) is 3.52. The van der Waals surface area contributed by atoms with E-state index in [9.17, 15) is 0 Å². The summed E-state index contributed by atoms with van der Waals surface area (Å²) in [5.41, 5.74) is 2.77. The van der Waals surface area contributed by atoms with Crippen LogP contribution in [0.3, 0.4) is 0 Å². The topological polar surface area (TPSA) is 18.5 Å². The molecule has 0 amide bonds. The van der Waals surface area contributed by atoms with Gasteiger partial charge in [0, 0.05) is 5.56 Å². The van der Waals surface area contributed by atoms with Crippen molar-refractivity contribution in [3.63, 3.8) is 0 Å². The van der Waals surface area contributed by atoms with Gasteiger partial charge >= 0.3 is 0 Å². The first-order valence-electron chi connectivity index (χ1n) is 7.49. The fraction of sp³-hybridized carbons (Fsp3) is 0.647. The van der Waals surface area contributed by atoms with Crippen LogP contribution in [0.15, 0.2) is 12.1 Å². The van der Waals surface area contributed by atoms with E-state index in [0.29, 0.717) is 0 Å². The second kappa shape index (κ2) is 9.71. The molecule has 0 heterocycles. The molecule has 1 aromatic rings. The molecule has 0 bridgehead atoms. The van der Waals surface area contributed by atoms with E-state index in [1.807, 2.05) is 33.8 Å². The predicted molar refractivity (Wildman–Crippen MR) is 83.4 cm³/mol. The molecule has 1 aliphatic carbocycles. The summed E-state index contributed by atoms with van der Waals surface area (Å²) >= 11 is 0. The van der Waals surface area contributed by atoms with Gasteiger partial charge in [-0.25, -0.2) is 0 Å². The number of rotatable bonds is 2. The third-order valence-corrected chi connectivity index (χ3v) is 3.20. The van der Waals surface area contributed by atoms with Crippen molar-refractivity contribution in [2.45, 2.75) is 53.9 Å². The quantitative estimate of drug-likeness (QED) is 0.759. The van der Waals surface area contributed by atoms with Crippen molar-refractivity contribution in [2.75, 3.05) is 14.2 Å². The third-order valence-electron chi connectivity index (χ3n) is 3.20. The normalized spacial score (nSPS) is 16.1. The number of methoxy groups -OCH3 is 2. The Hall–Kier alpha value is -1.18. The van der Waals surface area contributed by atoms with Gasteiger partial charge in [-0.2, -0.15) is 0 Å². The van der Waals surface area contributed by atoms with Gasteiger partial charge in [0.15, 0.2) is 11.5 Å². The second-order valence-electron chi connectivity index (χ2n) is 4.29. The first-order chi connectivity index (χ1) is 9.26. The highest BCUT2D eigenvalue weighted by Crippen LogP contribution is 2.38. The zero-order valence-corrected chi connectivity index (χ0v) is 13.7. The first-order valence-corrected chi connectivity index (χ1v) is 7.49. The Labute approximate surface area is 119 Å². The molecule has 1 atom stereocenters. The molecule has 0 saturated carbocycles. The molecule has 19 heavy (non-hydrogen) atoms. The summed E-state index contributed by atoms with van der Waals surface area (Å²) < 4.78 is 10.7. The van der Waals surface area contributed by atoms with Crippen LogP contribution >= 0.6 is 0 Å². The molecular weight excluding hydrogens is 236 g/mol. The summed E-state index contributed by atoms with van der Waals surface area (Å²) in [7, 11) is 3.41. The van der Waals surface area contributed by atoms with Crippen molar-refractivity contribution in [3.05, 3.63) is 23.3 Å². The first kappa shape index (κ1) is 17.8. The van der Waals surface area contributed by atoms with Crippen molar-refractivity contribution in [1.29, 1.82) is 0 Å². The van der Waals surface area contributed by atoms with Gasteiger partial charge in [0.25, 0.3) is 0 Å². The maximum absolute atomic E-state index is 5.44. The van der Waals surface area contributed by atoms with E-state index < -0.39 is 0 Å². The highest BCUT2D eigenvalue weighted by molar-refractivity contribution is 5.51. The lowest BCUT2D eigenvalue weighted by atomic mass is 9.84. The van der Waals surface area contributed by atoms with Gasteiger partial charge in [0.1, 0.15) is 0 Å². The van der Waals surface area contributed by atoms with Gasteiger partial charge in [0.05, 0.1) is 14.2 Å². The predicted octanol–water partition coefficient (Wildman–Crippen LogP) is 4.88. The number of ether oxygens (including phenoxy) is 2. The lowest BCUT2D eigenvalue weighted by Crippen LogP contribution is -2.12. The molecule has 0 unspecified atom stereocenters. The van der Waals surface area contributed by atoms with Crippen LogP contribution in [-0.4, -0.2) is 14.2 Å². The van der Waals surface area contributed by atoms with Crippen molar-refractivity contribution in [1.82, 2.24) is 0 Å². The zero-order valence-electron chi connectivity index (χ0n) is 13.7. The summed E-state index contributed by atoms with van der Waals surface area (Å²) in [5, 5.41) is 0. The second-order valence-corrected chi connectivity index (χ2v) is 4.29. The Kier molecular flexibility index (Phi) is 9.11. The molecule has 1 aromatic carbocycles. The van der Waals surface area contributed by atoms with Crippen LogP contribution in [0.5, 0.6) is 11.5 Å². The largest absolute Gasteiger partial charge is 0.493 e. The Bertz CT molecular complexity index is 359. The van der Waals surface area contributed by atoms with Gasteiger partial charge in [-0.15, -0.1) is 0 Å². The van der Waals surface area contributed by atoms with Gasteiger partial charge < -0.3 is 9.47 Å². The summed E-state index contributed by atoms with van der Waals surface area (Å²) in [4.78, 5) is 0. The molecule has 110 valence electrons. The maximum Gasteiger partial charge on any atom is 0.164 e. The van der Waals surface area contributed by atoms with Gasteiger partial charge in [0.2, 0.25) is 0 Å². The van der Waals surface area contributed by atoms with Crippen LogP contribution in [0.25, 0.3) is 0 Å². The fourth-order valence-electron chi connectivity index (χ4n) is 2.37. The molecule has 0 N–H and O–H groups in total. The molecule has 0 saturated heterocycles. The molecule has 2 heteroatoms. The molecule has 0 radical (unpaired) electrons. The number of fused-ring (bicyclic) bond motifs is 1. The van der Waals surface area contributed by atoms with E-state index in [2.05, 4.69) is 13.0 Å². The smallest absolute Gasteiger partial charge is 0.164 e. The van der Waals surface area contributed by atoms with Crippen LogP contribution < -0.4 is 9.47 Å². The van der Waals surface area contributed by atoms with Crippen molar-refractivity contribution >= 4 is 0 Å². The highest BCUT2D eigenvalue weighted by atomic mass is 16.5. The van der Waals surface area contributed by atoms with E-state index in [1.54, 1.807) is 14.2 Å². The van der Waals surface area contributed by atoms with Crippen molar-refractivity contribution in [3.8, 4) is 11.5 Å². The average Bonchev–Trinajstić information content (AvgIpc) is 2.49. The van der Waals surface area contributed by atoms with Gasteiger partial charge in [-0.05, 0) is 36.8 Å². The van der Waals surface area contributed by atoms with Crippen LogP contribution in [0.1, 0.15) is 52.2 Å². The average molecular weight is 266 g/mol. The fourth-order valence-corrected chi connectivity index (χ4v) is 2.37. The minimum Gasteiger partial charge on any atom is -0.493 e. The van der Waals surface area contributed by atoms with E-state index in [0.717, 1.165) is 30.3 Å². The van der Waals surface area contributed by atoms with Crippen molar-refractivity contribution in [2.24, 2.45) is 5.92 Å². The minimum absolute atomic E-state index is 0.788. The minimum atomic E-state index is 0.788. The van der Waals surface area contributed by atoms with Gasteiger partial charge in [-0.3, -0.25) is 0 Å². The monoisotopic (exact) mass is 266 g/mol. The van der Waals surface area contributed by atoms with Crippen LogP contribution in [0.2, 0.25) is 0 Å². The van der Waals surface area contributed by atoms with Crippen LogP contribution in [0.4, 0.5) is 0 Å². The molecule has 2 rings (SSSR count). The highest BCUT2D eigenvalue weighted by Gasteiger charge is 2.20. The molecule has 0 aromatic heterocycles. The van der Waals surface area contributed by atoms with Crippen LogP contribution in [0, 0.1) is 5.92 Å². The molecule has 0 aliphatic heterocycles. The third kappa shape index (κ3) is 4.45. The molecular formula is C17H30O2. The molecule has 2 nitrogen and oxygen atoms in total. The number of hydrogen-bond acceptors (Lipinski definition) is 2. The molecule has 0 fully saturated rings. The summed E-state index contributed by atoms with van der Waals surface area (Å²) in [6, 6.07) is 4.18. The lowest BCUT2D eigenvalue weighted by Gasteiger charge is -2.24. The summed E-state index contributed by atoms with van der Waals surface area (Å²) in [6.45, 7) is 10.3. The van der Waals surface area contributed by atoms with E-state index in [-0.39, 0.29) is 0 Å². The van der Waals surface area contributed by atoms with E-state index in [1.165, 1.54) is 17.5 Å². The van der Waals surface area contributed by atoms with Crippen LogP contribution in [-0.2, 0) is 12.8 Å². The van der Waals surface area contributed by atoms with E-state index in [4.69, 9.17) is 9.47 Å². The van der Waals surface area contributed by atoms with E-state index >= 15 is 0 Å². The summed E-state index contributed by atoms with van der Waals surface area (Å²) in [5.74, 6) is 2.57. The lowest BCUT2D eigenvalue weighted by molar-refractivity contribution is 0.347.